The van der Waals surface area contributed by atoms with Crippen molar-refractivity contribution in [1.29, 1.82) is 0 Å². The molecule has 9 heteroatoms. The van der Waals surface area contributed by atoms with E-state index in [0.717, 1.165) is 0 Å². The van der Waals surface area contributed by atoms with Crippen molar-refractivity contribution in [3.05, 3.63) is 0 Å². The molecule has 3 nitrogen and oxygen atoms in total. The number of hydrogen-bond donors (Lipinski definition) is 0. The maximum absolute atomic E-state index is 0. The second kappa shape index (κ2) is 76.5. The van der Waals surface area contributed by atoms with Crippen LogP contribution in [-0.2, 0) is 51.2 Å². The van der Waals surface area contributed by atoms with Gasteiger partial charge in [-0.15, -0.1) is 0 Å². The zero-order chi connectivity index (χ0) is 0. The fourth-order valence-electron chi connectivity index (χ4n) is 0. The zero-order valence-corrected chi connectivity index (χ0v) is 13.0. The standard InChI is InChI=1S/2Cr.2La.2Mg.3O.4H/q2*+3;;;;;3*-2;;;;. The van der Waals surface area contributed by atoms with Crippen LogP contribution in [0.5, 0.6) is 0 Å². The van der Waals surface area contributed by atoms with Crippen LogP contribution in [0, 0.1) is 71.2 Å². The van der Waals surface area contributed by atoms with E-state index in [1.807, 2.05) is 0 Å². The van der Waals surface area contributed by atoms with E-state index in [2.05, 4.69) is 0 Å². The minimum Gasteiger partial charge on any atom is -2.00 e. The van der Waals surface area contributed by atoms with Crippen LogP contribution in [-0.4, -0.2) is 46.1 Å². The molecule has 0 fully saturated rings. The fourth-order valence-corrected chi connectivity index (χ4v) is 0. The average Bonchev–Trinajstić information content (AvgIpc) is 0. The molecule has 0 aromatic carbocycles. The Bertz CT molecular complexity index is 17.8. The third-order valence-corrected chi connectivity index (χ3v) is 0. The second-order valence-corrected chi connectivity index (χ2v) is 0. The summed E-state index contributed by atoms with van der Waals surface area (Å²) in [6.45, 7) is 0. The summed E-state index contributed by atoms with van der Waals surface area (Å²) in [6.07, 6.45) is 0. The maximum Gasteiger partial charge on any atom is 3.00 e. The zero-order valence-electron chi connectivity index (χ0n) is 3.20. The molecule has 0 saturated heterocycles. The molecule has 0 aromatic rings. The molecule has 0 heterocycles. The maximum atomic E-state index is 0. The molecule has 44 valence electrons. The van der Waals surface area contributed by atoms with Crippen LogP contribution in [0.15, 0.2) is 0 Å². The van der Waals surface area contributed by atoms with Crippen molar-refractivity contribution in [3.63, 3.8) is 0 Å². The van der Waals surface area contributed by atoms with Gasteiger partial charge >= 0.3 is 80.8 Å². The predicted octanol–water partition coefficient (Wildman–Crippen LogP) is -2.19. The summed E-state index contributed by atoms with van der Waals surface area (Å²) in [6, 6.07) is 0. The molecule has 0 saturated carbocycles. The Hall–Kier alpha value is 4.87. The van der Waals surface area contributed by atoms with Crippen LogP contribution in [0.4, 0.5) is 0 Å². The summed E-state index contributed by atoms with van der Waals surface area (Å²) in [5.41, 5.74) is 0. The second-order valence-electron chi connectivity index (χ2n) is 0. The van der Waals surface area contributed by atoms with E-state index in [0.29, 0.717) is 0 Å². The molecular formula is H4Cr2La2Mg2O3. The van der Waals surface area contributed by atoms with E-state index in [4.69, 9.17) is 0 Å². The summed E-state index contributed by atoms with van der Waals surface area (Å²) < 4.78 is 0. The van der Waals surface area contributed by atoms with E-state index in [9.17, 15) is 0 Å². The summed E-state index contributed by atoms with van der Waals surface area (Å²) in [5, 5.41) is 0. The summed E-state index contributed by atoms with van der Waals surface area (Å²) in [5.74, 6) is 0. The molecule has 0 rings (SSSR count). The van der Waals surface area contributed by atoms with Gasteiger partial charge in [-0.05, 0) is 0 Å². The first-order chi connectivity index (χ1) is 0. The van der Waals surface area contributed by atoms with Gasteiger partial charge in [-0.3, -0.25) is 0 Å². The molecule has 0 bridgehead atoms. The van der Waals surface area contributed by atoms with Gasteiger partial charge in [-0.25, -0.2) is 0 Å². The van der Waals surface area contributed by atoms with Gasteiger partial charge in [0.2, 0.25) is 0 Å². The first-order valence-corrected chi connectivity index (χ1v) is 0. The first kappa shape index (κ1) is 96.9. The van der Waals surface area contributed by atoms with Gasteiger partial charge < -0.3 is 16.4 Å². The Morgan fingerprint density at radius 3 is 0.444 bits per heavy atom. The smallest absolute Gasteiger partial charge is 2.00 e. The van der Waals surface area contributed by atoms with Crippen molar-refractivity contribution < 1.29 is 122 Å². The van der Waals surface area contributed by atoms with Crippen molar-refractivity contribution in [3.8, 4) is 0 Å². The Labute approximate surface area is 164 Å². The Morgan fingerprint density at radius 1 is 0.444 bits per heavy atom. The van der Waals surface area contributed by atoms with Crippen LogP contribution >= 0.6 is 0 Å². The summed E-state index contributed by atoms with van der Waals surface area (Å²) in [4.78, 5) is 0. The van der Waals surface area contributed by atoms with E-state index in [-0.39, 0.29) is 168 Å². The third kappa shape index (κ3) is 64.1. The average molecular weight is 482 g/mol. The van der Waals surface area contributed by atoms with Crippen LogP contribution in [0.25, 0.3) is 0 Å². The molecule has 9 heavy (non-hydrogen) atoms. The van der Waals surface area contributed by atoms with Crippen molar-refractivity contribution in [2.75, 3.05) is 0 Å². The molecule has 0 N–H and O–H groups in total. The van der Waals surface area contributed by atoms with Gasteiger partial charge in [0.25, 0.3) is 0 Å². The van der Waals surface area contributed by atoms with E-state index >= 15 is 0 Å². The van der Waals surface area contributed by atoms with Gasteiger partial charge in [0, 0.05) is 71.2 Å². The van der Waals surface area contributed by atoms with E-state index in [1.54, 1.807) is 0 Å². The predicted molar refractivity (Wildman–Crippen MR) is 19.1 cm³/mol. The molecule has 0 unspecified atom stereocenters. The quantitative estimate of drug-likeness (QED) is 0.352. The van der Waals surface area contributed by atoms with E-state index < -0.39 is 0 Å². The van der Waals surface area contributed by atoms with E-state index in [1.165, 1.54) is 0 Å². The molecule has 0 aliphatic carbocycles. The van der Waals surface area contributed by atoms with Crippen LogP contribution in [0.2, 0.25) is 0 Å². The fraction of sp³-hybridized carbons (Fsp3) is 0. The topological polar surface area (TPSA) is 85.5 Å². The molecule has 0 atom stereocenters. The molecule has 0 amide bonds. The number of hydrogen-bond acceptors (Lipinski definition) is 0. The van der Waals surface area contributed by atoms with Gasteiger partial charge in [-0.2, -0.15) is 0 Å². The van der Waals surface area contributed by atoms with Gasteiger partial charge in [0.1, 0.15) is 0 Å². The first-order valence-electron chi connectivity index (χ1n) is 0. The minimum atomic E-state index is 0. The van der Waals surface area contributed by atoms with Crippen molar-refractivity contribution in [1.82, 2.24) is 0 Å². The van der Waals surface area contributed by atoms with Gasteiger partial charge in [0.15, 0.2) is 0 Å². The SMILES string of the molecule is [Cr+3].[Cr+3].[La].[La].[MgH2].[MgH2].[O-2].[O-2].[O-2]. The monoisotopic (exact) mass is 482 g/mol. The Kier molecular flexibility index (Phi) is 824. The van der Waals surface area contributed by atoms with Crippen LogP contribution in [0.1, 0.15) is 0 Å². The van der Waals surface area contributed by atoms with Crippen LogP contribution < -0.4 is 0 Å². The van der Waals surface area contributed by atoms with Gasteiger partial charge in [-0.1, -0.05) is 0 Å². The molecule has 0 spiro atoms. The number of rotatable bonds is 0. The minimum absolute atomic E-state index is 0. The normalized spacial score (nSPS) is 0. The van der Waals surface area contributed by atoms with Crippen LogP contribution in [0.3, 0.4) is 0 Å². The largest absolute Gasteiger partial charge is 3.00 e. The van der Waals surface area contributed by atoms with Crippen molar-refractivity contribution in [2.24, 2.45) is 0 Å². The molecule has 0 aliphatic heterocycles. The molecule has 0 aliphatic rings. The van der Waals surface area contributed by atoms with Crippen molar-refractivity contribution >= 4 is 46.1 Å². The third-order valence-electron chi connectivity index (χ3n) is 0. The Morgan fingerprint density at radius 2 is 0.444 bits per heavy atom. The van der Waals surface area contributed by atoms with Gasteiger partial charge in [0.05, 0.1) is 0 Å². The van der Waals surface area contributed by atoms with Crippen molar-refractivity contribution in [2.45, 2.75) is 0 Å². The summed E-state index contributed by atoms with van der Waals surface area (Å²) >= 11 is 0. The summed E-state index contributed by atoms with van der Waals surface area (Å²) in [7, 11) is 0. The molecule has 0 aromatic heterocycles. The molecule has 4 radical (unpaired) electrons. The molecular weight excluding hydrogens is 478 g/mol. The Balaban J connectivity index is 0.